The number of furan rings is 1. The highest BCUT2D eigenvalue weighted by Crippen LogP contribution is 2.32. The summed E-state index contributed by atoms with van der Waals surface area (Å²) in [5.41, 5.74) is 2.33. The Morgan fingerprint density at radius 3 is 2.88 bits per heavy atom. The zero-order chi connectivity index (χ0) is 16.7. The third kappa shape index (κ3) is 2.82. The van der Waals surface area contributed by atoms with E-state index in [0.29, 0.717) is 25.7 Å². The fourth-order valence-corrected chi connectivity index (χ4v) is 3.48. The first-order valence-electron chi connectivity index (χ1n) is 6.84. The first kappa shape index (κ1) is 15.3. The summed E-state index contributed by atoms with van der Waals surface area (Å²) >= 11 is 12.0. The van der Waals surface area contributed by atoms with Crippen molar-refractivity contribution >= 4 is 62.9 Å². The van der Waals surface area contributed by atoms with Crippen LogP contribution in [0.1, 0.15) is 5.76 Å². The van der Waals surface area contributed by atoms with E-state index in [9.17, 15) is 4.79 Å². The number of carbonyl (C=O) groups is 1. The summed E-state index contributed by atoms with van der Waals surface area (Å²) in [6, 6.07) is 5.39. The highest BCUT2D eigenvalue weighted by Gasteiger charge is 2.22. The van der Waals surface area contributed by atoms with Gasteiger partial charge in [-0.1, -0.05) is 35.6 Å². The molecule has 0 bridgehead atoms. The van der Waals surface area contributed by atoms with Gasteiger partial charge < -0.3 is 9.73 Å². The molecule has 8 heteroatoms. The molecule has 0 aromatic carbocycles. The second-order valence-electron chi connectivity index (χ2n) is 4.98. The molecule has 0 spiro atoms. The maximum atomic E-state index is 11.8. The van der Waals surface area contributed by atoms with Crippen molar-refractivity contribution in [2.75, 3.05) is 0 Å². The normalized spacial score (nSPS) is 16.1. The van der Waals surface area contributed by atoms with Gasteiger partial charge in [0.05, 0.1) is 4.91 Å². The van der Waals surface area contributed by atoms with Crippen LogP contribution in [0.2, 0.25) is 5.15 Å². The molecular formula is C16H8ClN3O2S2. The molecule has 0 radical (unpaired) electrons. The number of thiocarbonyl (C=S) groups is 1. The fourth-order valence-electron chi connectivity index (χ4n) is 2.34. The number of nitrogens with one attached hydrogen (secondary N) is 1. The second-order valence-corrected chi connectivity index (χ2v) is 7.08. The number of carbonyl (C=O) groups excluding carboxylic acids is 1. The average Bonchev–Trinajstić information content (AvgIpc) is 3.10. The molecular weight excluding hydrogens is 366 g/mol. The Balaban J connectivity index is 1.80. The van der Waals surface area contributed by atoms with Crippen LogP contribution >= 0.6 is 35.6 Å². The topological polar surface area (TPSA) is 68.0 Å². The van der Waals surface area contributed by atoms with Gasteiger partial charge in [0.15, 0.2) is 0 Å². The van der Waals surface area contributed by atoms with Gasteiger partial charge in [-0.15, -0.1) is 0 Å². The predicted octanol–water partition coefficient (Wildman–Crippen LogP) is 4.03. The van der Waals surface area contributed by atoms with Gasteiger partial charge in [0.2, 0.25) is 0 Å². The first-order valence-corrected chi connectivity index (χ1v) is 8.45. The van der Waals surface area contributed by atoms with Crippen LogP contribution in [-0.2, 0) is 4.79 Å². The third-order valence-corrected chi connectivity index (χ3v) is 4.78. The molecule has 0 unspecified atom stereocenters. The van der Waals surface area contributed by atoms with Gasteiger partial charge in [-0.25, -0.2) is 4.98 Å². The zero-order valence-electron chi connectivity index (χ0n) is 11.9. The van der Waals surface area contributed by atoms with E-state index < -0.39 is 0 Å². The maximum absolute atomic E-state index is 11.8. The lowest BCUT2D eigenvalue weighted by Crippen LogP contribution is -2.17. The van der Waals surface area contributed by atoms with E-state index in [1.54, 1.807) is 30.7 Å². The summed E-state index contributed by atoms with van der Waals surface area (Å²) in [5.74, 6) is 0.342. The van der Waals surface area contributed by atoms with Crippen LogP contribution in [0.5, 0.6) is 0 Å². The minimum absolute atomic E-state index is 0.217. The van der Waals surface area contributed by atoms with E-state index in [-0.39, 0.29) is 5.91 Å². The van der Waals surface area contributed by atoms with Crippen molar-refractivity contribution in [3.8, 4) is 11.1 Å². The third-order valence-electron chi connectivity index (χ3n) is 3.40. The summed E-state index contributed by atoms with van der Waals surface area (Å²) in [6.45, 7) is 0. The van der Waals surface area contributed by atoms with E-state index in [4.69, 9.17) is 28.2 Å². The fraction of sp³-hybridized carbons (Fsp3) is 0. The number of rotatable bonds is 2. The van der Waals surface area contributed by atoms with Gasteiger partial charge in [-0.3, -0.25) is 9.78 Å². The minimum Gasteiger partial charge on any atom is -0.456 e. The van der Waals surface area contributed by atoms with Gasteiger partial charge in [0, 0.05) is 41.2 Å². The molecule has 3 aromatic heterocycles. The number of pyridine rings is 2. The van der Waals surface area contributed by atoms with Gasteiger partial charge >= 0.3 is 0 Å². The lowest BCUT2D eigenvalue weighted by atomic mass is 10.1. The lowest BCUT2D eigenvalue weighted by molar-refractivity contribution is -0.115. The molecule has 5 nitrogen and oxygen atoms in total. The number of fused-ring (bicyclic) bond motifs is 1. The van der Waals surface area contributed by atoms with Crippen LogP contribution < -0.4 is 5.32 Å². The van der Waals surface area contributed by atoms with Crippen molar-refractivity contribution < 1.29 is 9.21 Å². The molecule has 1 saturated heterocycles. The van der Waals surface area contributed by atoms with Crippen LogP contribution in [0, 0.1) is 0 Å². The van der Waals surface area contributed by atoms with Crippen molar-refractivity contribution in [1.82, 2.24) is 15.3 Å². The molecule has 4 heterocycles. The minimum atomic E-state index is -0.217. The Hall–Kier alpha value is -2.22. The summed E-state index contributed by atoms with van der Waals surface area (Å²) < 4.78 is 6.36. The molecule has 1 fully saturated rings. The van der Waals surface area contributed by atoms with Crippen molar-refractivity contribution in [2.24, 2.45) is 0 Å². The van der Waals surface area contributed by atoms with E-state index in [1.807, 2.05) is 12.1 Å². The Morgan fingerprint density at radius 2 is 2.17 bits per heavy atom. The van der Waals surface area contributed by atoms with Crippen LogP contribution in [0.15, 0.2) is 46.1 Å². The average molecular weight is 374 g/mol. The molecule has 0 aliphatic carbocycles. The lowest BCUT2D eigenvalue weighted by Gasteiger charge is -2.01. The van der Waals surface area contributed by atoms with E-state index >= 15 is 0 Å². The SMILES string of the molecule is O=C1NC(=S)S/C1=C/c1cc2cncc(-c3ccc(Cl)nc3)c2o1. The molecule has 0 saturated carbocycles. The second kappa shape index (κ2) is 6.01. The molecule has 1 amide bonds. The number of hydrogen-bond donors (Lipinski definition) is 1. The van der Waals surface area contributed by atoms with Gasteiger partial charge in [-0.05, 0) is 18.2 Å². The highest BCUT2D eigenvalue weighted by atomic mass is 35.5. The summed E-state index contributed by atoms with van der Waals surface area (Å²) in [4.78, 5) is 20.6. The quantitative estimate of drug-likeness (QED) is 0.415. The number of amides is 1. The Bertz CT molecular complexity index is 1010. The highest BCUT2D eigenvalue weighted by molar-refractivity contribution is 8.26. The van der Waals surface area contributed by atoms with Crippen LogP contribution in [0.3, 0.4) is 0 Å². The van der Waals surface area contributed by atoms with Crippen LogP contribution in [-0.4, -0.2) is 20.2 Å². The van der Waals surface area contributed by atoms with Crippen molar-refractivity contribution in [2.45, 2.75) is 0 Å². The summed E-state index contributed by atoms with van der Waals surface area (Å²) in [6.07, 6.45) is 6.75. The van der Waals surface area contributed by atoms with E-state index in [1.165, 1.54) is 11.8 Å². The number of hydrogen-bond acceptors (Lipinski definition) is 6. The van der Waals surface area contributed by atoms with Crippen molar-refractivity contribution in [3.63, 3.8) is 0 Å². The largest absolute Gasteiger partial charge is 0.456 e. The standard InChI is InChI=1S/C16H8ClN3O2S2/c17-13-2-1-8(6-19-13)11-7-18-5-9-3-10(22-14(9)11)4-12-15(21)20-16(23)24-12/h1-7H,(H,20,21,23)/b12-4+. The smallest absolute Gasteiger partial charge is 0.263 e. The summed E-state index contributed by atoms with van der Waals surface area (Å²) in [5, 5.41) is 3.83. The van der Waals surface area contributed by atoms with E-state index in [0.717, 1.165) is 16.5 Å². The molecule has 118 valence electrons. The van der Waals surface area contributed by atoms with Crippen LogP contribution in [0.4, 0.5) is 0 Å². The Morgan fingerprint density at radius 1 is 1.29 bits per heavy atom. The summed E-state index contributed by atoms with van der Waals surface area (Å²) in [7, 11) is 0. The number of halogens is 1. The van der Waals surface area contributed by atoms with Crippen molar-refractivity contribution in [1.29, 1.82) is 0 Å². The molecule has 1 N–H and O–H groups in total. The predicted molar refractivity (Wildman–Crippen MR) is 98.6 cm³/mol. The van der Waals surface area contributed by atoms with Crippen LogP contribution in [0.25, 0.3) is 28.2 Å². The van der Waals surface area contributed by atoms with E-state index in [2.05, 4.69) is 15.3 Å². The number of nitrogens with zero attached hydrogens (tertiary/aromatic N) is 2. The zero-order valence-corrected chi connectivity index (χ0v) is 14.3. The molecule has 4 rings (SSSR count). The molecule has 24 heavy (non-hydrogen) atoms. The molecule has 1 aliphatic heterocycles. The number of thioether (sulfide) groups is 1. The number of aromatic nitrogens is 2. The Labute approximate surface area is 151 Å². The first-order chi connectivity index (χ1) is 11.6. The molecule has 1 aliphatic rings. The molecule has 0 atom stereocenters. The monoisotopic (exact) mass is 373 g/mol. The Kier molecular flexibility index (Phi) is 3.84. The van der Waals surface area contributed by atoms with Gasteiger partial charge in [0.25, 0.3) is 5.91 Å². The van der Waals surface area contributed by atoms with Gasteiger partial charge in [0.1, 0.15) is 20.8 Å². The maximum Gasteiger partial charge on any atom is 0.263 e. The van der Waals surface area contributed by atoms with Gasteiger partial charge in [-0.2, -0.15) is 0 Å². The van der Waals surface area contributed by atoms with Crippen molar-refractivity contribution in [3.05, 3.63) is 52.6 Å². The molecule has 3 aromatic rings.